The van der Waals surface area contributed by atoms with Crippen LogP contribution in [0, 0.1) is 0 Å². The lowest BCUT2D eigenvalue weighted by Crippen LogP contribution is -2.32. The highest BCUT2D eigenvalue weighted by Gasteiger charge is 2.35. The van der Waals surface area contributed by atoms with Crippen LogP contribution in [0.4, 0.5) is 5.13 Å². The SMILES string of the molecule is CCC(=O)N(c1nnc(SCc2csc(-c3ccc(OC)cc3)n2)s1)C1CC1. The van der Waals surface area contributed by atoms with E-state index in [9.17, 15) is 4.79 Å². The van der Waals surface area contributed by atoms with E-state index in [1.165, 1.54) is 11.3 Å². The normalized spacial score (nSPS) is 13.5. The molecule has 2 aromatic heterocycles. The summed E-state index contributed by atoms with van der Waals surface area (Å²) in [7, 11) is 1.66. The number of rotatable bonds is 8. The lowest BCUT2D eigenvalue weighted by molar-refractivity contribution is -0.118. The Morgan fingerprint density at radius 2 is 2.07 bits per heavy atom. The van der Waals surface area contributed by atoms with Gasteiger partial charge in [-0.25, -0.2) is 4.98 Å². The first kappa shape index (κ1) is 19.4. The number of anilines is 1. The van der Waals surface area contributed by atoms with Crippen LogP contribution in [0.3, 0.4) is 0 Å². The molecule has 6 nitrogen and oxygen atoms in total. The summed E-state index contributed by atoms with van der Waals surface area (Å²) in [5, 5.41) is 12.3. The van der Waals surface area contributed by atoms with Crippen LogP contribution >= 0.6 is 34.4 Å². The minimum Gasteiger partial charge on any atom is -0.497 e. The predicted molar refractivity (Wildman–Crippen MR) is 114 cm³/mol. The molecule has 0 N–H and O–H groups in total. The molecule has 0 spiro atoms. The summed E-state index contributed by atoms with van der Waals surface area (Å²) in [6, 6.07) is 8.23. The van der Waals surface area contributed by atoms with E-state index < -0.39 is 0 Å². The summed E-state index contributed by atoms with van der Waals surface area (Å²) in [4.78, 5) is 18.7. The minimum absolute atomic E-state index is 0.124. The molecule has 1 fully saturated rings. The van der Waals surface area contributed by atoms with Crippen molar-refractivity contribution in [3.05, 3.63) is 35.3 Å². The van der Waals surface area contributed by atoms with E-state index in [2.05, 4.69) is 15.6 Å². The number of hydrogen-bond acceptors (Lipinski definition) is 8. The van der Waals surface area contributed by atoms with Crippen molar-refractivity contribution < 1.29 is 9.53 Å². The monoisotopic (exact) mass is 432 g/mol. The quantitative estimate of drug-likeness (QED) is 0.374. The maximum absolute atomic E-state index is 12.2. The van der Waals surface area contributed by atoms with Crippen LogP contribution in [0.5, 0.6) is 5.75 Å². The number of aromatic nitrogens is 3. The summed E-state index contributed by atoms with van der Waals surface area (Å²) < 4.78 is 6.06. The average molecular weight is 433 g/mol. The molecule has 0 bridgehead atoms. The Balaban J connectivity index is 1.39. The molecule has 0 atom stereocenters. The second kappa shape index (κ2) is 8.59. The van der Waals surface area contributed by atoms with Crippen LogP contribution in [0.1, 0.15) is 31.9 Å². The van der Waals surface area contributed by atoms with Crippen LogP contribution in [0.2, 0.25) is 0 Å². The molecule has 0 unspecified atom stereocenters. The van der Waals surface area contributed by atoms with Gasteiger partial charge in [0.05, 0.1) is 12.8 Å². The number of methoxy groups -OCH3 is 1. The van der Waals surface area contributed by atoms with Crippen molar-refractivity contribution in [3.63, 3.8) is 0 Å². The summed E-state index contributed by atoms with van der Waals surface area (Å²) in [6.45, 7) is 1.89. The van der Waals surface area contributed by atoms with Crippen molar-refractivity contribution in [1.82, 2.24) is 15.2 Å². The summed E-state index contributed by atoms with van der Waals surface area (Å²) in [6.07, 6.45) is 2.60. The lowest BCUT2D eigenvalue weighted by Gasteiger charge is -2.17. The van der Waals surface area contributed by atoms with Gasteiger partial charge in [0.1, 0.15) is 10.8 Å². The Morgan fingerprint density at radius 1 is 1.29 bits per heavy atom. The maximum Gasteiger partial charge on any atom is 0.228 e. The Labute approximate surface area is 176 Å². The Hall–Kier alpha value is -1.97. The van der Waals surface area contributed by atoms with Gasteiger partial charge in [-0.2, -0.15) is 0 Å². The minimum atomic E-state index is 0.124. The first-order valence-corrected chi connectivity index (χ1v) is 11.7. The number of carbonyl (C=O) groups is 1. The Morgan fingerprint density at radius 3 is 2.75 bits per heavy atom. The molecule has 28 heavy (non-hydrogen) atoms. The van der Waals surface area contributed by atoms with E-state index in [0.717, 1.165) is 44.9 Å². The van der Waals surface area contributed by atoms with Gasteiger partial charge in [-0.1, -0.05) is 30.0 Å². The molecule has 3 aromatic rings. The highest BCUT2D eigenvalue weighted by molar-refractivity contribution is 8.00. The highest BCUT2D eigenvalue weighted by Crippen LogP contribution is 2.37. The molecule has 1 aromatic carbocycles. The fourth-order valence-electron chi connectivity index (χ4n) is 2.70. The van der Waals surface area contributed by atoms with E-state index in [1.54, 1.807) is 30.2 Å². The van der Waals surface area contributed by atoms with E-state index in [0.29, 0.717) is 17.6 Å². The first-order valence-electron chi connectivity index (χ1n) is 9.05. The van der Waals surface area contributed by atoms with E-state index in [4.69, 9.17) is 9.72 Å². The molecule has 2 heterocycles. The van der Waals surface area contributed by atoms with Gasteiger partial charge in [0, 0.05) is 29.2 Å². The van der Waals surface area contributed by atoms with E-state index >= 15 is 0 Å². The van der Waals surface area contributed by atoms with Crippen molar-refractivity contribution in [2.45, 2.75) is 42.3 Å². The van der Waals surface area contributed by atoms with Gasteiger partial charge in [0.15, 0.2) is 4.34 Å². The van der Waals surface area contributed by atoms with Crippen molar-refractivity contribution in [2.24, 2.45) is 0 Å². The van der Waals surface area contributed by atoms with E-state index in [1.807, 2.05) is 36.1 Å². The molecule has 9 heteroatoms. The van der Waals surface area contributed by atoms with Gasteiger partial charge in [0.2, 0.25) is 11.0 Å². The smallest absolute Gasteiger partial charge is 0.228 e. The first-order chi connectivity index (χ1) is 13.7. The third-order valence-corrected chi connectivity index (χ3v) is 7.35. The number of nitrogens with zero attached hydrogens (tertiary/aromatic N) is 4. The fraction of sp³-hybridized carbons (Fsp3) is 0.368. The molecule has 0 saturated heterocycles. The summed E-state index contributed by atoms with van der Waals surface area (Å²) in [5.74, 6) is 1.69. The number of carbonyl (C=O) groups excluding carboxylic acids is 1. The molecule has 1 aliphatic carbocycles. The molecule has 4 rings (SSSR count). The molecular weight excluding hydrogens is 412 g/mol. The molecule has 1 amide bonds. The molecule has 1 saturated carbocycles. The average Bonchev–Trinajstić information content (AvgIpc) is 3.26. The Kier molecular flexibility index (Phi) is 5.93. The van der Waals surface area contributed by atoms with Crippen LogP contribution in [0.15, 0.2) is 34.0 Å². The van der Waals surface area contributed by atoms with Gasteiger partial charge in [-0.3, -0.25) is 9.69 Å². The second-order valence-corrected chi connectivity index (χ2v) is 9.40. The number of amides is 1. The molecular formula is C19H20N4O2S3. The standard InChI is InChI=1S/C19H20N4O2S3/c1-3-16(24)23(14-6-7-14)18-21-22-19(28-18)27-11-13-10-26-17(20-13)12-4-8-15(25-2)9-5-12/h4-5,8-10,14H,3,6-7,11H2,1-2H3. The topological polar surface area (TPSA) is 68.2 Å². The van der Waals surface area contributed by atoms with Crippen molar-refractivity contribution in [3.8, 4) is 16.3 Å². The lowest BCUT2D eigenvalue weighted by atomic mass is 10.2. The second-order valence-electron chi connectivity index (χ2n) is 6.36. The Bertz CT molecular complexity index is 950. The van der Waals surface area contributed by atoms with Gasteiger partial charge in [-0.15, -0.1) is 21.5 Å². The third kappa shape index (κ3) is 4.37. The van der Waals surface area contributed by atoms with Gasteiger partial charge in [0.25, 0.3) is 0 Å². The zero-order chi connectivity index (χ0) is 19.5. The van der Waals surface area contributed by atoms with Crippen molar-refractivity contribution in [1.29, 1.82) is 0 Å². The largest absolute Gasteiger partial charge is 0.497 e. The number of thiazole rings is 1. The van der Waals surface area contributed by atoms with Gasteiger partial charge in [-0.05, 0) is 37.1 Å². The van der Waals surface area contributed by atoms with E-state index in [-0.39, 0.29) is 5.91 Å². The van der Waals surface area contributed by atoms with Crippen molar-refractivity contribution >= 4 is 45.5 Å². The molecule has 0 aliphatic heterocycles. The number of ether oxygens (including phenoxy) is 1. The number of thioether (sulfide) groups is 1. The van der Waals surface area contributed by atoms with Crippen LogP contribution in [0.25, 0.3) is 10.6 Å². The van der Waals surface area contributed by atoms with Gasteiger partial charge < -0.3 is 4.74 Å². The number of benzene rings is 1. The maximum atomic E-state index is 12.2. The zero-order valence-corrected chi connectivity index (χ0v) is 18.1. The predicted octanol–water partition coefficient (Wildman–Crippen LogP) is 4.87. The molecule has 1 aliphatic rings. The van der Waals surface area contributed by atoms with Crippen molar-refractivity contribution in [2.75, 3.05) is 12.0 Å². The molecule has 146 valence electrons. The van der Waals surface area contributed by atoms with Crippen LogP contribution in [-0.4, -0.2) is 34.2 Å². The van der Waals surface area contributed by atoms with Crippen LogP contribution in [-0.2, 0) is 10.5 Å². The highest BCUT2D eigenvalue weighted by atomic mass is 32.2. The fourth-order valence-corrected chi connectivity index (χ4v) is 5.46. The van der Waals surface area contributed by atoms with Gasteiger partial charge >= 0.3 is 0 Å². The summed E-state index contributed by atoms with van der Waals surface area (Å²) >= 11 is 4.73. The van der Waals surface area contributed by atoms with Crippen LogP contribution < -0.4 is 9.64 Å². The zero-order valence-electron chi connectivity index (χ0n) is 15.6. The summed E-state index contributed by atoms with van der Waals surface area (Å²) in [5.41, 5.74) is 2.10. The third-order valence-electron chi connectivity index (χ3n) is 4.32. The molecule has 0 radical (unpaired) electrons. The number of hydrogen-bond donors (Lipinski definition) is 0.